The number of carbonyl (C=O) groups excluding carboxylic acids is 1. The van der Waals surface area contributed by atoms with Gasteiger partial charge in [-0.1, -0.05) is 6.07 Å². The number of halogens is 3. The molecule has 18 heavy (non-hydrogen) atoms. The minimum absolute atomic E-state index is 0.0881. The van der Waals surface area contributed by atoms with Gasteiger partial charge < -0.3 is 14.9 Å². The molecule has 0 bridgehead atoms. The summed E-state index contributed by atoms with van der Waals surface area (Å²) in [5.74, 6) is -4.07. The van der Waals surface area contributed by atoms with Crippen molar-refractivity contribution in [3.63, 3.8) is 0 Å². The standard InChI is InChI=1S/C10H7F3O5/c11-7-5(3-14)4(8(15)9(16)17)1-2-6(7)18-10(12)13/h1-3,8,10,15H,(H,16,17). The molecular formula is C10H7F3O5. The van der Waals surface area contributed by atoms with Crippen molar-refractivity contribution in [1.82, 2.24) is 0 Å². The van der Waals surface area contributed by atoms with E-state index in [9.17, 15) is 27.9 Å². The minimum Gasteiger partial charge on any atom is -0.479 e. The molecule has 5 nitrogen and oxygen atoms in total. The summed E-state index contributed by atoms with van der Waals surface area (Å²) in [6, 6.07) is 1.53. The maximum atomic E-state index is 13.5. The second-order valence-corrected chi connectivity index (χ2v) is 3.12. The molecule has 1 atom stereocenters. The molecule has 0 spiro atoms. The van der Waals surface area contributed by atoms with E-state index in [0.717, 1.165) is 6.07 Å². The van der Waals surface area contributed by atoms with Crippen LogP contribution in [0.2, 0.25) is 0 Å². The maximum Gasteiger partial charge on any atom is 0.387 e. The molecule has 0 saturated heterocycles. The van der Waals surface area contributed by atoms with Gasteiger partial charge in [0, 0.05) is 5.56 Å². The Bertz CT molecular complexity index is 475. The van der Waals surface area contributed by atoms with E-state index in [-0.39, 0.29) is 6.29 Å². The fourth-order valence-corrected chi connectivity index (χ4v) is 1.27. The molecule has 1 rings (SSSR count). The van der Waals surface area contributed by atoms with Crippen LogP contribution in [0.15, 0.2) is 12.1 Å². The van der Waals surface area contributed by atoms with E-state index in [0.29, 0.717) is 6.07 Å². The van der Waals surface area contributed by atoms with Crippen LogP contribution in [0.3, 0.4) is 0 Å². The molecule has 8 heteroatoms. The van der Waals surface area contributed by atoms with Crippen molar-refractivity contribution in [2.24, 2.45) is 0 Å². The molecule has 0 aliphatic rings. The van der Waals surface area contributed by atoms with Crippen molar-refractivity contribution in [2.45, 2.75) is 12.7 Å². The van der Waals surface area contributed by atoms with Gasteiger partial charge in [0.2, 0.25) is 0 Å². The third-order valence-corrected chi connectivity index (χ3v) is 2.04. The summed E-state index contributed by atoms with van der Waals surface area (Å²) >= 11 is 0. The highest BCUT2D eigenvalue weighted by atomic mass is 19.3. The summed E-state index contributed by atoms with van der Waals surface area (Å²) in [6.07, 6.45) is -2.23. The summed E-state index contributed by atoms with van der Waals surface area (Å²) in [5, 5.41) is 17.7. The van der Waals surface area contributed by atoms with Crippen LogP contribution in [-0.4, -0.2) is 29.1 Å². The average molecular weight is 264 g/mol. The molecule has 0 amide bonds. The van der Waals surface area contributed by atoms with Gasteiger partial charge >= 0.3 is 12.6 Å². The van der Waals surface area contributed by atoms with Crippen LogP contribution in [0.5, 0.6) is 5.75 Å². The van der Waals surface area contributed by atoms with Crippen LogP contribution in [0.1, 0.15) is 22.0 Å². The van der Waals surface area contributed by atoms with Crippen molar-refractivity contribution < 1.29 is 37.7 Å². The molecule has 0 radical (unpaired) electrons. The van der Waals surface area contributed by atoms with Gasteiger partial charge in [-0.3, -0.25) is 4.79 Å². The molecule has 98 valence electrons. The van der Waals surface area contributed by atoms with Gasteiger partial charge in [0.25, 0.3) is 0 Å². The number of alkyl halides is 2. The van der Waals surface area contributed by atoms with E-state index in [1.54, 1.807) is 0 Å². The molecule has 0 heterocycles. The zero-order valence-corrected chi connectivity index (χ0v) is 8.64. The van der Waals surface area contributed by atoms with Gasteiger partial charge in [-0.05, 0) is 6.07 Å². The van der Waals surface area contributed by atoms with E-state index in [1.165, 1.54) is 0 Å². The quantitative estimate of drug-likeness (QED) is 0.784. The summed E-state index contributed by atoms with van der Waals surface area (Å²) < 4.78 is 41.1. The monoisotopic (exact) mass is 264 g/mol. The van der Waals surface area contributed by atoms with Crippen LogP contribution in [0, 0.1) is 5.82 Å². The summed E-state index contributed by atoms with van der Waals surface area (Å²) in [6.45, 7) is -3.30. The lowest BCUT2D eigenvalue weighted by Crippen LogP contribution is -2.14. The topological polar surface area (TPSA) is 83.8 Å². The molecule has 0 fully saturated rings. The Labute approximate surface area is 98.4 Å². The zero-order chi connectivity index (χ0) is 13.9. The fourth-order valence-electron chi connectivity index (χ4n) is 1.27. The number of carboxylic acids is 1. The largest absolute Gasteiger partial charge is 0.479 e. The van der Waals surface area contributed by atoms with Gasteiger partial charge in [0.15, 0.2) is 24.0 Å². The fraction of sp³-hybridized carbons (Fsp3) is 0.200. The Hall–Kier alpha value is -2.09. The predicted molar refractivity (Wildman–Crippen MR) is 51.0 cm³/mol. The summed E-state index contributed by atoms with van der Waals surface area (Å²) in [7, 11) is 0. The van der Waals surface area contributed by atoms with Gasteiger partial charge in [-0.2, -0.15) is 8.78 Å². The molecule has 2 N–H and O–H groups in total. The highest BCUT2D eigenvalue weighted by Crippen LogP contribution is 2.27. The lowest BCUT2D eigenvalue weighted by molar-refractivity contribution is -0.147. The second-order valence-electron chi connectivity index (χ2n) is 3.12. The number of carbonyl (C=O) groups is 2. The number of aliphatic hydroxyl groups is 1. The molecule has 1 unspecified atom stereocenters. The number of rotatable bonds is 5. The molecule has 1 aromatic rings. The minimum atomic E-state index is -3.30. The maximum absolute atomic E-state index is 13.5. The number of ether oxygens (including phenoxy) is 1. The number of aliphatic carboxylic acids is 1. The first-order chi connectivity index (χ1) is 8.38. The SMILES string of the molecule is O=Cc1c(C(O)C(=O)O)ccc(OC(F)F)c1F. The van der Waals surface area contributed by atoms with Gasteiger partial charge in [0.05, 0.1) is 5.56 Å². The highest BCUT2D eigenvalue weighted by molar-refractivity contribution is 5.84. The zero-order valence-electron chi connectivity index (χ0n) is 8.64. The van der Waals surface area contributed by atoms with Crippen LogP contribution in [0.4, 0.5) is 13.2 Å². The van der Waals surface area contributed by atoms with Crippen LogP contribution >= 0.6 is 0 Å². The predicted octanol–water partition coefficient (Wildman–Crippen LogP) is 1.36. The number of aldehydes is 1. The number of benzene rings is 1. The molecular weight excluding hydrogens is 257 g/mol. The average Bonchev–Trinajstić information content (AvgIpc) is 2.29. The van der Waals surface area contributed by atoms with E-state index in [1.807, 2.05) is 0 Å². The van der Waals surface area contributed by atoms with Crippen molar-refractivity contribution in [3.05, 3.63) is 29.1 Å². The van der Waals surface area contributed by atoms with Crippen LogP contribution in [-0.2, 0) is 4.79 Å². The van der Waals surface area contributed by atoms with E-state index >= 15 is 0 Å². The van der Waals surface area contributed by atoms with E-state index in [2.05, 4.69) is 4.74 Å². The number of aliphatic hydroxyl groups excluding tert-OH is 1. The van der Waals surface area contributed by atoms with Crippen molar-refractivity contribution >= 4 is 12.3 Å². The second kappa shape index (κ2) is 5.50. The Morgan fingerprint density at radius 1 is 1.39 bits per heavy atom. The molecule has 0 saturated carbocycles. The number of hydrogen-bond acceptors (Lipinski definition) is 4. The highest BCUT2D eigenvalue weighted by Gasteiger charge is 2.24. The van der Waals surface area contributed by atoms with Crippen molar-refractivity contribution in [3.8, 4) is 5.75 Å². The molecule has 0 aliphatic heterocycles. The molecule has 0 aromatic heterocycles. The first kappa shape index (κ1) is 14.0. The first-order valence-electron chi connectivity index (χ1n) is 4.51. The summed E-state index contributed by atoms with van der Waals surface area (Å²) in [5.41, 5.74) is -1.39. The summed E-state index contributed by atoms with van der Waals surface area (Å²) in [4.78, 5) is 21.1. The van der Waals surface area contributed by atoms with Crippen LogP contribution in [0.25, 0.3) is 0 Å². The number of carboxylic acid groups (broad SMARTS) is 1. The van der Waals surface area contributed by atoms with E-state index < -0.39 is 41.4 Å². The third kappa shape index (κ3) is 2.77. The third-order valence-electron chi connectivity index (χ3n) is 2.04. The Kier molecular flexibility index (Phi) is 4.27. The first-order valence-corrected chi connectivity index (χ1v) is 4.51. The number of hydrogen-bond donors (Lipinski definition) is 2. The normalized spacial score (nSPS) is 12.3. The van der Waals surface area contributed by atoms with Crippen LogP contribution < -0.4 is 4.74 Å². The Balaban J connectivity index is 3.28. The van der Waals surface area contributed by atoms with Crippen molar-refractivity contribution in [1.29, 1.82) is 0 Å². The van der Waals surface area contributed by atoms with Gasteiger partial charge in [-0.15, -0.1) is 0 Å². The lowest BCUT2D eigenvalue weighted by Gasteiger charge is -2.12. The van der Waals surface area contributed by atoms with Crippen molar-refractivity contribution in [2.75, 3.05) is 0 Å². The molecule has 0 aliphatic carbocycles. The van der Waals surface area contributed by atoms with Gasteiger partial charge in [0.1, 0.15) is 0 Å². The lowest BCUT2D eigenvalue weighted by atomic mass is 10.0. The molecule has 1 aromatic carbocycles. The van der Waals surface area contributed by atoms with E-state index in [4.69, 9.17) is 5.11 Å². The Morgan fingerprint density at radius 2 is 2.00 bits per heavy atom. The van der Waals surface area contributed by atoms with Gasteiger partial charge in [-0.25, -0.2) is 9.18 Å². The Morgan fingerprint density at radius 3 is 2.44 bits per heavy atom. The smallest absolute Gasteiger partial charge is 0.387 e.